The molecule has 0 aliphatic rings. The van der Waals surface area contributed by atoms with Crippen LogP contribution in [0.15, 0.2) is 0 Å². The van der Waals surface area contributed by atoms with Crippen molar-refractivity contribution in [3.8, 4) is 0 Å². The quantitative estimate of drug-likeness (QED) is 0.637. The van der Waals surface area contributed by atoms with Crippen LogP contribution in [0.5, 0.6) is 0 Å². The summed E-state index contributed by atoms with van der Waals surface area (Å²) in [5.41, 5.74) is 0.897. The number of hydrogen-bond acceptors (Lipinski definition) is 1. The molecule has 1 unspecified atom stereocenters. The summed E-state index contributed by atoms with van der Waals surface area (Å²) in [7, 11) is 1.74. The van der Waals surface area contributed by atoms with E-state index in [-0.39, 0.29) is 11.3 Å². The van der Waals surface area contributed by atoms with E-state index >= 15 is 0 Å². The molecule has 15 heavy (non-hydrogen) atoms. The van der Waals surface area contributed by atoms with Gasteiger partial charge in [-0.05, 0) is 23.7 Å². The van der Waals surface area contributed by atoms with Crippen molar-refractivity contribution in [3.05, 3.63) is 0 Å². The number of carbonyl (C=O) groups is 1. The third-order valence-corrected chi connectivity index (χ3v) is 3.19. The molecule has 0 aromatic carbocycles. The maximum atomic E-state index is 11.6. The number of carbonyl (C=O) groups excluding carboxylic acids is 1. The normalized spacial score (nSPS) is 15.1. The molecule has 0 radical (unpaired) electrons. The van der Waals surface area contributed by atoms with Crippen molar-refractivity contribution in [2.75, 3.05) is 0 Å². The van der Waals surface area contributed by atoms with Crippen molar-refractivity contribution < 1.29 is 4.79 Å². The summed E-state index contributed by atoms with van der Waals surface area (Å²) in [4.78, 5) is 11.6. The Hall–Kier alpha value is -0.265. The molecule has 0 aliphatic heterocycles. The highest BCUT2D eigenvalue weighted by atomic mass is 16.1. The van der Waals surface area contributed by atoms with Crippen LogP contribution in [-0.2, 0) is 4.79 Å². The Morgan fingerprint density at radius 3 is 1.87 bits per heavy atom. The molecule has 0 saturated carbocycles. The highest BCUT2D eigenvalue weighted by Gasteiger charge is 2.27. The minimum absolute atomic E-state index is 0.236. The van der Waals surface area contributed by atoms with Crippen LogP contribution >= 0.6 is 0 Å². The molecule has 0 aromatic heterocycles. The molecule has 0 bridgehead atoms. The number of hydrogen-bond donors (Lipinski definition) is 0. The van der Waals surface area contributed by atoms with E-state index in [4.69, 9.17) is 0 Å². The lowest BCUT2D eigenvalue weighted by Crippen LogP contribution is -2.26. The second-order valence-electron chi connectivity index (χ2n) is 6.79. The van der Waals surface area contributed by atoms with Gasteiger partial charge in [0.1, 0.15) is 0 Å². The second kappa shape index (κ2) is 5.18. The van der Waals surface area contributed by atoms with Crippen LogP contribution in [0.25, 0.3) is 0 Å². The minimum atomic E-state index is 0.236. The van der Waals surface area contributed by atoms with Crippen LogP contribution < -0.4 is 0 Å². The van der Waals surface area contributed by atoms with Crippen molar-refractivity contribution in [2.24, 2.45) is 16.7 Å². The van der Waals surface area contributed by atoms with Crippen LogP contribution in [0.2, 0.25) is 0 Å². The molecule has 88 valence electrons. The highest BCUT2D eigenvalue weighted by molar-refractivity contribution is 6.58. The van der Waals surface area contributed by atoms with Crippen LogP contribution in [0, 0.1) is 16.7 Å². The zero-order valence-corrected chi connectivity index (χ0v) is 11.6. The molecule has 0 aromatic rings. The van der Waals surface area contributed by atoms with Crippen LogP contribution in [-0.4, -0.2) is 13.5 Å². The van der Waals surface area contributed by atoms with Crippen molar-refractivity contribution in [1.29, 1.82) is 0 Å². The topological polar surface area (TPSA) is 17.1 Å². The van der Waals surface area contributed by atoms with Crippen molar-refractivity contribution in [2.45, 2.75) is 60.8 Å². The lowest BCUT2D eigenvalue weighted by Gasteiger charge is -2.31. The predicted octanol–water partition coefficient (Wildman–Crippen LogP) is 3.02. The van der Waals surface area contributed by atoms with Gasteiger partial charge in [0.05, 0.1) is 5.68 Å². The fourth-order valence-electron chi connectivity index (χ4n) is 1.91. The summed E-state index contributed by atoms with van der Waals surface area (Å²) >= 11 is 0. The summed E-state index contributed by atoms with van der Waals surface area (Å²) in [6.45, 7) is 13.3. The summed E-state index contributed by atoms with van der Waals surface area (Å²) < 4.78 is 0. The van der Waals surface area contributed by atoms with Gasteiger partial charge >= 0.3 is 0 Å². The smallest absolute Gasteiger partial charge is 0.187 e. The molecular formula is C13H27BO. The van der Waals surface area contributed by atoms with Gasteiger partial charge in [0.15, 0.2) is 7.85 Å². The Balaban J connectivity index is 4.50. The SMILES string of the molecule is BC(=O)C(CC(C)(C)C)CC(C)(C)CC. The van der Waals surface area contributed by atoms with Gasteiger partial charge in [-0.2, -0.15) is 0 Å². The van der Waals surface area contributed by atoms with Crippen LogP contribution in [0.1, 0.15) is 60.8 Å². The number of rotatable bonds is 5. The van der Waals surface area contributed by atoms with Gasteiger partial charge in [0, 0.05) is 5.92 Å². The minimum Gasteiger partial charge on any atom is -0.312 e. The van der Waals surface area contributed by atoms with Gasteiger partial charge < -0.3 is 4.79 Å². The monoisotopic (exact) mass is 210 g/mol. The van der Waals surface area contributed by atoms with E-state index < -0.39 is 0 Å². The van der Waals surface area contributed by atoms with Crippen LogP contribution in [0.4, 0.5) is 0 Å². The van der Waals surface area contributed by atoms with Gasteiger partial charge in [-0.1, -0.05) is 48.0 Å². The Morgan fingerprint density at radius 2 is 1.60 bits per heavy atom. The maximum absolute atomic E-state index is 11.6. The van der Waals surface area contributed by atoms with Gasteiger partial charge in [0.25, 0.3) is 0 Å². The van der Waals surface area contributed by atoms with E-state index in [2.05, 4.69) is 41.5 Å². The van der Waals surface area contributed by atoms with Crippen LogP contribution in [0.3, 0.4) is 0 Å². The molecule has 0 rings (SSSR count). The average Bonchev–Trinajstić information content (AvgIpc) is 2.00. The zero-order valence-electron chi connectivity index (χ0n) is 11.6. The summed E-state index contributed by atoms with van der Waals surface area (Å²) in [5, 5.41) is 0. The third kappa shape index (κ3) is 6.75. The van der Waals surface area contributed by atoms with Gasteiger partial charge in [0.2, 0.25) is 0 Å². The molecule has 0 fully saturated rings. The molecule has 0 spiro atoms. The molecule has 0 saturated heterocycles. The van der Waals surface area contributed by atoms with E-state index in [0.717, 1.165) is 19.3 Å². The Bertz CT molecular complexity index is 213. The van der Waals surface area contributed by atoms with Gasteiger partial charge in [-0.25, -0.2) is 0 Å². The Morgan fingerprint density at radius 1 is 1.13 bits per heavy atom. The first kappa shape index (κ1) is 14.7. The summed E-state index contributed by atoms with van der Waals surface area (Å²) in [6.07, 6.45) is 3.17. The Kier molecular flexibility index (Phi) is 5.09. The van der Waals surface area contributed by atoms with Crippen molar-refractivity contribution in [3.63, 3.8) is 0 Å². The maximum Gasteiger partial charge on any atom is 0.187 e. The van der Waals surface area contributed by atoms with Gasteiger partial charge in [-0.15, -0.1) is 0 Å². The molecule has 1 atom stereocenters. The molecule has 0 amide bonds. The lowest BCUT2D eigenvalue weighted by atomic mass is 9.70. The van der Waals surface area contributed by atoms with E-state index in [1.807, 2.05) is 0 Å². The first-order valence-electron chi connectivity index (χ1n) is 6.08. The Labute approximate surface area is 96.4 Å². The fraction of sp³-hybridized carbons (Fsp3) is 0.923. The average molecular weight is 210 g/mol. The molecule has 0 aliphatic carbocycles. The van der Waals surface area contributed by atoms with Gasteiger partial charge in [-0.3, -0.25) is 0 Å². The second-order valence-corrected chi connectivity index (χ2v) is 6.79. The fourth-order valence-corrected chi connectivity index (χ4v) is 1.91. The standard InChI is InChI=1S/C13H27BO/c1-7-13(5,6)9-10(11(14)15)8-12(2,3)4/h10H,7-9,14H2,1-6H3. The molecule has 2 heteroatoms. The highest BCUT2D eigenvalue weighted by Crippen LogP contribution is 2.35. The first-order valence-corrected chi connectivity index (χ1v) is 6.08. The molecule has 1 nitrogen and oxygen atoms in total. The summed E-state index contributed by atoms with van der Waals surface area (Å²) in [5.74, 6) is 0.236. The largest absolute Gasteiger partial charge is 0.312 e. The summed E-state index contributed by atoms with van der Waals surface area (Å²) in [6, 6.07) is 0. The van der Waals surface area contributed by atoms with E-state index in [1.165, 1.54) is 0 Å². The lowest BCUT2D eigenvalue weighted by molar-refractivity contribution is -0.117. The molecular weight excluding hydrogens is 183 g/mol. The molecule has 0 N–H and O–H groups in total. The third-order valence-electron chi connectivity index (χ3n) is 3.19. The van der Waals surface area contributed by atoms with E-state index in [0.29, 0.717) is 11.1 Å². The van der Waals surface area contributed by atoms with E-state index in [9.17, 15) is 4.79 Å². The first-order chi connectivity index (χ1) is 6.57. The van der Waals surface area contributed by atoms with Crippen molar-refractivity contribution in [1.82, 2.24) is 0 Å². The predicted molar refractivity (Wildman–Crippen MR) is 69.8 cm³/mol. The van der Waals surface area contributed by atoms with E-state index in [1.54, 1.807) is 7.85 Å². The van der Waals surface area contributed by atoms with Crippen molar-refractivity contribution >= 4 is 13.5 Å². The molecule has 0 heterocycles. The zero-order chi connectivity index (χ0) is 12.3.